The van der Waals surface area contributed by atoms with Crippen LogP contribution in [0.3, 0.4) is 0 Å². The molecule has 0 bridgehead atoms. The van der Waals surface area contributed by atoms with Crippen LogP contribution in [0, 0.1) is 0 Å². The molecule has 0 aromatic carbocycles. The highest BCUT2D eigenvalue weighted by molar-refractivity contribution is 7.16. The first-order chi connectivity index (χ1) is 8.20. The fourth-order valence-electron chi connectivity index (χ4n) is 2.38. The van der Waals surface area contributed by atoms with Gasteiger partial charge in [-0.25, -0.2) is 0 Å². The number of ether oxygens (including phenoxy) is 1. The van der Waals surface area contributed by atoms with Crippen LogP contribution in [-0.2, 0) is 11.2 Å². The molecule has 0 saturated heterocycles. The number of hydrogen-bond donors (Lipinski definition) is 1. The number of rotatable bonds is 5. The summed E-state index contributed by atoms with van der Waals surface area (Å²) in [5.74, 6) is 0. The Morgan fingerprint density at radius 2 is 2.47 bits per heavy atom. The normalized spacial score (nSPS) is 21.2. The second-order valence-electron chi connectivity index (χ2n) is 4.60. The Morgan fingerprint density at radius 3 is 3.24 bits per heavy atom. The van der Waals surface area contributed by atoms with Gasteiger partial charge in [-0.1, -0.05) is 11.6 Å². The third-order valence-electron chi connectivity index (χ3n) is 3.14. The molecular formula is C13H20ClNOS. The second kappa shape index (κ2) is 6.19. The molecule has 0 spiro atoms. The fourth-order valence-corrected chi connectivity index (χ4v) is 3.76. The summed E-state index contributed by atoms with van der Waals surface area (Å²) in [5.41, 5.74) is 1.41. The maximum Gasteiger partial charge on any atom is 0.0934 e. The van der Waals surface area contributed by atoms with E-state index in [9.17, 15) is 0 Å². The molecule has 1 heterocycles. The summed E-state index contributed by atoms with van der Waals surface area (Å²) in [6, 6.07) is 2.98. The van der Waals surface area contributed by atoms with Gasteiger partial charge in [-0.3, -0.25) is 0 Å². The van der Waals surface area contributed by atoms with Crippen LogP contribution in [0.25, 0.3) is 0 Å². The maximum atomic E-state index is 6.10. The van der Waals surface area contributed by atoms with Crippen molar-refractivity contribution in [1.29, 1.82) is 0 Å². The Hall–Kier alpha value is -0.0900. The Labute approximate surface area is 112 Å². The first-order valence-electron chi connectivity index (χ1n) is 6.32. The summed E-state index contributed by atoms with van der Waals surface area (Å²) < 4.78 is 6.36. The van der Waals surface area contributed by atoms with Crippen LogP contribution < -0.4 is 5.32 Å². The van der Waals surface area contributed by atoms with Crippen LogP contribution in [0.2, 0.25) is 4.34 Å². The second-order valence-corrected chi connectivity index (χ2v) is 6.37. The molecule has 96 valence electrons. The Balaban J connectivity index is 1.98. The first-order valence-corrected chi connectivity index (χ1v) is 7.52. The minimum atomic E-state index is 0.393. The van der Waals surface area contributed by atoms with E-state index in [-0.39, 0.29) is 0 Å². The minimum absolute atomic E-state index is 0.393. The molecule has 2 rings (SSSR count). The summed E-state index contributed by atoms with van der Waals surface area (Å²) in [6.07, 6.45) is 3.64. The number of aryl methyl sites for hydroxylation is 1. The molecule has 4 heteroatoms. The summed E-state index contributed by atoms with van der Waals surface area (Å²) in [7, 11) is 0. The van der Waals surface area contributed by atoms with Crippen molar-refractivity contribution < 1.29 is 4.74 Å². The van der Waals surface area contributed by atoms with Gasteiger partial charge in [-0.2, -0.15) is 0 Å². The van der Waals surface area contributed by atoms with Gasteiger partial charge in [0.25, 0.3) is 0 Å². The highest BCUT2D eigenvalue weighted by Crippen LogP contribution is 2.37. The highest BCUT2D eigenvalue weighted by atomic mass is 35.5. The minimum Gasteiger partial charge on any atom is -0.380 e. The van der Waals surface area contributed by atoms with Crippen LogP contribution in [0.5, 0.6) is 0 Å². The lowest BCUT2D eigenvalue weighted by Crippen LogP contribution is -2.35. The van der Waals surface area contributed by atoms with E-state index in [2.05, 4.69) is 18.3 Å². The van der Waals surface area contributed by atoms with Gasteiger partial charge in [0, 0.05) is 23.6 Å². The summed E-state index contributed by atoms with van der Waals surface area (Å²) in [6.45, 7) is 5.77. The molecule has 1 aliphatic carbocycles. The molecule has 2 nitrogen and oxygen atoms in total. The zero-order valence-electron chi connectivity index (χ0n) is 10.5. The van der Waals surface area contributed by atoms with Gasteiger partial charge in [0.1, 0.15) is 0 Å². The van der Waals surface area contributed by atoms with E-state index in [0.717, 1.165) is 17.6 Å². The largest absolute Gasteiger partial charge is 0.380 e. The van der Waals surface area contributed by atoms with Gasteiger partial charge in [-0.15, -0.1) is 11.3 Å². The van der Waals surface area contributed by atoms with Crippen molar-refractivity contribution in [1.82, 2.24) is 5.32 Å². The predicted octanol–water partition coefficient (Wildman–Crippen LogP) is 3.79. The van der Waals surface area contributed by atoms with Crippen molar-refractivity contribution in [2.24, 2.45) is 0 Å². The van der Waals surface area contributed by atoms with E-state index in [1.807, 2.05) is 6.92 Å². The van der Waals surface area contributed by atoms with Gasteiger partial charge < -0.3 is 10.1 Å². The van der Waals surface area contributed by atoms with Crippen molar-refractivity contribution in [2.75, 3.05) is 13.2 Å². The van der Waals surface area contributed by atoms with Crippen LogP contribution in [0.4, 0.5) is 0 Å². The van der Waals surface area contributed by atoms with E-state index >= 15 is 0 Å². The van der Waals surface area contributed by atoms with Crippen molar-refractivity contribution in [3.8, 4) is 0 Å². The zero-order valence-corrected chi connectivity index (χ0v) is 12.0. The third-order valence-corrected chi connectivity index (χ3v) is 4.48. The smallest absolute Gasteiger partial charge is 0.0934 e. The van der Waals surface area contributed by atoms with Crippen LogP contribution in [0.1, 0.15) is 43.2 Å². The molecule has 2 atom stereocenters. The average Bonchev–Trinajstić information content (AvgIpc) is 2.68. The number of halogens is 1. The Kier molecular flexibility index (Phi) is 4.86. The van der Waals surface area contributed by atoms with Gasteiger partial charge >= 0.3 is 0 Å². The van der Waals surface area contributed by atoms with E-state index in [1.54, 1.807) is 11.3 Å². The van der Waals surface area contributed by atoms with Gasteiger partial charge in [0.2, 0.25) is 0 Å². The van der Waals surface area contributed by atoms with Crippen molar-refractivity contribution in [3.63, 3.8) is 0 Å². The van der Waals surface area contributed by atoms with E-state index in [1.165, 1.54) is 29.7 Å². The van der Waals surface area contributed by atoms with E-state index in [4.69, 9.17) is 16.3 Å². The molecule has 2 unspecified atom stereocenters. The monoisotopic (exact) mass is 273 g/mol. The molecule has 1 aromatic heterocycles. The molecule has 1 N–H and O–H groups in total. The zero-order chi connectivity index (χ0) is 12.3. The predicted molar refractivity (Wildman–Crippen MR) is 74.1 cm³/mol. The Morgan fingerprint density at radius 1 is 1.65 bits per heavy atom. The molecule has 0 amide bonds. The summed E-state index contributed by atoms with van der Waals surface area (Å²) in [4.78, 5) is 1.46. The number of fused-ring (bicyclic) bond motifs is 1. The molecule has 1 aromatic rings. The molecule has 0 saturated carbocycles. The van der Waals surface area contributed by atoms with Crippen LogP contribution in [-0.4, -0.2) is 19.3 Å². The van der Waals surface area contributed by atoms with Crippen molar-refractivity contribution >= 4 is 22.9 Å². The topological polar surface area (TPSA) is 21.3 Å². The molecule has 17 heavy (non-hydrogen) atoms. The van der Waals surface area contributed by atoms with Gasteiger partial charge in [-0.05, 0) is 44.7 Å². The third kappa shape index (κ3) is 3.44. The van der Waals surface area contributed by atoms with Crippen LogP contribution >= 0.6 is 22.9 Å². The first kappa shape index (κ1) is 13.3. The molecule has 0 fully saturated rings. The fraction of sp³-hybridized carbons (Fsp3) is 0.692. The lowest BCUT2D eigenvalue weighted by molar-refractivity contribution is 0.122. The SMILES string of the molecule is CCOCC(C)NC1CCCc2sc(Cl)cc21. The standard InChI is InChI=1S/C13H20ClNOS/c1-3-16-8-9(2)15-11-5-4-6-12-10(11)7-13(14)17-12/h7,9,11,15H,3-6,8H2,1-2H3. The highest BCUT2D eigenvalue weighted by Gasteiger charge is 2.23. The molecule has 0 aliphatic heterocycles. The summed E-state index contributed by atoms with van der Waals surface area (Å²) in [5, 5.41) is 3.65. The number of thiophene rings is 1. The number of nitrogens with one attached hydrogen (secondary N) is 1. The average molecular weight is 274 g/mol. The van der Waals surface area contributed by atoms with Crippen molar-refractivity contribution in [2.45, 2.75) is 45.2 Å². The molecule has 0 radical (unpaired) electrons. The van der Waals surface area contributed by atoms with E-state index < -0.39 is 0 Å². The summed E-state index contributed by atoms with van der Waals surface area (Å²) >= 11 is 7.84. The Bertz CT molecular complexity index is 366. The molecule has 1 aliphatic rings. The lowest BCUT2D eigenvalue weighted by atomic mass is 9.93. The van der Waals surface area contributed by atoms with E-state index in [0.29, 0.717) is 12.1 Å². The molecular weight excluding hydrogens is 254 g/mol. The maximum absolute atomic E-state index is 6.10. The van der Waals surface area contributed by atoms with Crippen LogP contribution in [0.15, 0.2) is 6.07 Å². The van der Waals surface area contributed by atoms with Gasteiger partial charge in [0.15, 0.2) is 0 Å². The lowest BCUT2D eigenvalue weighted by Gasteiger charge is -2.27. The number of hydrogen-bond acceptors (Lipinski definition) is 3. The van der Waals surface area contributed by atoms with Crippen molar-refractivity contribution in [3.05, 3.63) is 20.8 Å². The quantitative estimate of drug-likeness (QED) is 0.881. The van der Waals surface area contributed by atoms with Gasteiger partial charge in [0.05, 0.1) is 10.9 Å².